The second-order valence-corrected chi connectivity index (χ2v) is 5.43. The summed E-state index contributed by atoms with van der Waals surface area (Å²) in [4.78, 5) is 12.0. The summed E-state index contributed by atoms with van der Waals surface area (Å²) in [6, 6.07) is 7.25. The molecule has 116 valence electrons. The maximum absolute atomic E-state index is 12.0. The van der Waals surface area contributed by atoms with Crippen LogP contribution in [0.4, 0.5) is 0 Å². The minimum atomic E-state index is -0.223. The van der Waals surface area contributed by atoms with Crippen molar-refractivity contribution < 1.29 is 14.3 Å². The van der Waals surface area contributed by atoms with Crippen LogP contribution in [0, 0.1) is 0 Å². The summed E-state index contributed by atoms with van der Waals surface area (Å²) in [5.41, 5.74) is 5.58. The van der Waals surface area contributed by atoms with Gasteiger partial charge in [-0.3, -0.25) is 4.79 Å². The Morgan fingerprint density at radius 1 is 1.19 bits per heavy atom. The Morgan fingerprint density at radius 3 is 2.29 bits per heavy atom. The van der Waals surface area contributed by atoms with E-state index in [0.717, 1.165) is 31.4 Å². The summed E-state index contributed by atoms with van der Waals surface area (Å²) in [5, 5.41) is 3.03. The van der Waals surface area contributed by atoms with Gasteiger partial charge in [0.25, 0.3) is 5.91 Å². The van der Waals surface area contributed by atoms with Gasteiger partial charge in [0.1, 0.15) is 11.5 Å². The molecule has 0 aromatic heterocycles. The van der Waals surface area contributed by atoms with E-state index in [9.17, 15) is 4.79 Å². The first kappa shape index (κ1) is 15.6. The molecule has 0 saturated heterocycles. The van der Waals surface area contributed by atoms with Crippen LogP contribution in [0.1, 0.15) is 32.6 Å². The van der Waals surface area contributed by atoms with Crippen molar-refractivity contribution in [1.82, 2.24) is 5.32 Å². The van der Waals surface area contributed by atoms with Gasteiger partial charge < -0.3 is 20.5 Å². The first-order chi connectivity index (χ1) is 10.2. The molecule has 0 aliphatic heterocycles. The lowest BCUT2D eigenvalue weighted by Crippen LogP contribution is -2.52. The number of amides is 1. The smallest absolute Gasteiger partial charge is 0.258 e. The number of nitrogens with one attached hydrogen (secondary N) is 1. The molecule has 1 aliphatic rings. The Labute approximate surface area is 125 Å². The minimum absolute atomic E-state index is 0.00965. The predicted octanol–water partition coefficient (Wildman–Crippen LogP) is 1.85. The lowest BCUT2D eigenvalue weighted by molar-refractivity contribution is -0.124. The van der Waals surface area contributed by atoms with Crippen molar-refractivity contribution in [2.24, 2.45) is 5.73 Å². The minimum Gasteiger partial charge on any atom is -0.494 e. The monoisotopic (exact) mass is 292 g/mol. The van der Waals surface area contributed by atoms with Gasteiger partial charge in [0.15, 0.2) is 6.61 Å². The topological polar surface area (TPSA) is 73.6 Å². The van der Waals surface area contributed by atoms with E-state index in [1.807, 2.05) is 19.1 Å². The van der Waals surface area contributed by atoms with Crippen molar-refractivity contribution in [3.63, 3.8) is 0 Å². The summed E-state index contributed by atoms with van der Waals surface area (Å²) in [6.45, 7) is 3.06. The number of hydrogen-bond donors (Lipinski definition) is 2. The molecule has 1 fully saturated rings. The Kier molecular flexibility index (Phi) is 5.44. The van der Waals surface area contributed by atoms with Gasteiger partial charge in [-0.2, -0.15) is 0 Å². The van der Waals surface area contributed by atoms with Gasteiger partial charge in [0, 0.05) is 6.54 Å². The Hall–Kier alpha value is -1.75. The van der Waals surface area contributed by atoms with Crippen LogP contribution in [0.2, 0.25) is 0 Å². The number of carbonyl (C=O) groups excluding carboxylic acids is 1. The number of benzene rings is 1. The normalized spacial score (nSPS) is 16.5. The van der Waals surface area contributed by atoms with Gasteiger partial charge in [0.05, 0.1) is 12.1 Å². The average Bonchev–Trinajstić information content (AvgIpc) is 2.96. The molecule has 5 nitrogen and oxygen atoms in total. The van der Waals surface area contributed by atoms with Gasteiger partial charge in [-0.15, -0.1) is 0 Å². The number of ether oxygens (including phenoxy) is 2. The standard InChI is InChI=1S/C16H24N2O3/c1-2-20-13-5-7-14(8-6-13)21-11-15(19)18-16(12-17)9-3-4-10-16/h5-8H,2-4,9-12,17H2,1H3,(H,18,19). The predicted molar refractivity (Wildman–Crippen MR) is 81.5 cm³/mol. The highest BCUT2D eigenvalue weighted by Crippen LogP contribution is 2.28. The van der Waals surface area contributed by atoms with Crippen LogP contribution in [0.15, 0.2) is 24.3 Å². The zero-order chi connectivity index (χ0) is 15.1. The second kappa shape index (κ2) is 7.31. The summed E-state index contributed by atoms with van der Waals surface area (Å²) in [5.74, 6) is 1.33. The van der Waals surface area contributed by atoms with E-state index >= 15 is 0 Å². The molecule has 1 aliphatic carbocycles. The van der Waals surface area contributed by atoms with Crippen LogP contribution < -0.4 is 20.5 Å². The molecule has 21 heavy (non-hydrogen) atoms. The van der Waals surface area contributed by atoms with Gasteiger partial charge in [0.2, 0.25) is 0 Å². The summed E-state index contributed by atoms with van der Waals surface area (Å²) in [7, 11) is 0. The van der Waals surface area contributed by atoms with E-state index in [-0.39, 0.29) is 18.1 Å². The first-order valence-electron chi connectivity index (χ1n) is 7.54. The van der Waals surface area contributed by atoms with Crippen LogP contribution in [0.3, 0.4) is 0 Å². The fourth-order valence-corrected chi connectivity index (χ4v) is 2.71. The van der Waals surface area contributed by atoms with Gasteiger partial charge in [-0.1, -0.05) is 12.8 Å². The largest absolute Gasteiger partial charge is 0.494 e. The molecule has 1 aromatic rings. The molecule has 1 saturated carbocycles. The molecular formula is C16H24N2O3. The van der Waals surface area contributed by atoms with E-state index in [4.69, 9.17) is 15.2 Å². The van der Waals surface area contributed by atoms with Crippen molar-refractivity contribution >= 4 is 5.91 Å². The highest BCUT2D eigenvalue weighted by molar-refractivity contribution is 5.78. The molecular weight excluding hydrogens is 268 g/mol. The highest BCUT2D eigenvalue weighted by atomic mass is 16.5. The molecule has 0 bridgehead atoms. The zero-order valence-corrected chi connectivity index (χ0v) is 12.6. The van der Waals surface area contributed by atoms with Crippen molar-refractivity contribution in [3.8, 4) is 11.5 Å². The maximum Gasteiger partial charge on any atom is 0.258 e. The quantitative estimate of drug-likeness (QED) is 0.804. The third-order valence-electron chi connectivity index (χ3n) is 3.86. The van der Waals surface area contributed by atoms with Crippen LogP contribution in [0.25, 0.3) is 0 Å². The molecule has 3 N–H and O–H groups in total. The van der Waals surface area contributed by atoms with Crippen molar-refractivity contribution in [1.29, 1.82) is 0 Å². The van der Waals surface area contributed by atoms with E-state index in [1.165, 1.54) is 0 Å². The van der Waals surface area contributed by atoms with Crippen LogP contribution in [0.5, 0.6) is 11.5 Å². The third kappa shape index (κ3) is 4.36. The molecule has 0 heterocycles. The Morgan fingerprint density at radius 2 is 1.76 bits per heavy atom. The van der Waals surface area contributed by atoms with Gasteiger partial charge in [-0.25, -0.2) is 0 Å². The highest BCUT2D eigenvalue weighted by Gasteiger charge is 2.33. The summed E-state index contributed by atoms with van der Waals surface area (Å²) in [6.07, 6.45) is 4.16. The van der Waals surface area contributed by atoms with E-state index in [1.54, 1.807) is 12.1 Å². The van der Waals surface area contributed by atoms with E-state index in [0.29, 0.717) is 18.9 Å². The number of nitrogens with two attached hydrogens (primary N) is 1. The molecule has 0 radical (unpaired) electrons. The van der Waals surface area contributed by atoms with Crippen LogP contribution in [-0.4, -0.2) is 31.2 Å². The summed E-state index contributed by atoms with van der Waals surface area (Å²) < 4.78 is 10.8. The molecule has 1 aromatic carbocycles. The van der Waals surface area contributed by atoms with E-state index in [2.05, 4.69) is 5.32 Å². The number of hydrogen-bond acceptors (Lipinski definition) is 4. The number of carbonyl (C=O) groups is 1. The van der Waals surface area contributed by atoms with Gasteiger partial charge in [-0.05, 0) is 44.0 Å². The van der Waals surface area contributed by atoms with Crippen molar-refractivity contribution in [3.05, 3.63) is 24.3 Å². The van der Waals surface area contributed by atoms with Crippen molar-refractivity contribution in [2.75, 3.05) is 19.8 Å². The second-order valence-electron chi connectivity index (χ2n) is 5.43. The lowest BCUT2D eigenvalue weighted by Gasteiger charge is -2.28. The number of rotatable bonds is 7. The van der Waals surface area contributed by atoms with Crippen LogP contribution in [-0.2, 0) is 4.79 Å². The zero-order valence-electron chi connectivity index (χ0n) is 12.6. The van der Waals surface area contributed by atoms with Crippen LogP contribution >= 0.6 is 0 Å². The average molecular weight is 292 g/mol. The lowest BCUT2D eigenvalue weighted by atomic mass is 9.98. The summed E-state index contributed by atoms with van der Waals surface area (Å²) >= 11 is 0. The first-order valence-corrected chi connectivity index (χ1v) is 7.54. The molecule has 0 unspecified atom stereocenters. The SMILES string of the molecule is CCOc1ccc(OCC(=O)NC2(CN)CCCC2)cc1. The van der Waals surface area contributed by atoms with Gasteiger partial charge >= 0.3 is 0 Å². The molecule has 2 rings (SSSR count). The molecule has 0 spiro atoms. The van der Waals surface area contributed by atoms with Crippen molar-refractivity contribution in [2.45, 2.75) is 38.1 Å². The third-order valence-corrected chi connectivity index (χ3v) is 3.86. The molecule has 0 atom stereocenters. The maximum atomic E-state index is 12.0. The molecule has 5 heteroatoms. The van der Waals surface area contributed by atoms with E-state index < -0.39 is 0 Å². The Bertz CT molecular complexity index is 453. The molecule has 1 amide bonds. The Balaban J connectivity index is 1.80. The fraction of sp³-hybridized carbons (Fsp3) is 0.562. The fourth-order valence-electron chi connectivity index (χ4n) is 2.71.